The quantitative estimate of drug-likeness (QED) is 0.112. The van der Waals surface area contributed by atoms with Crippen LogP contribution in [0.15, 0.2) is 11.6 Å². The van der Waals surface area contributed by atoms with Gasteiger partial charge < -0.3 is 18.9 Å². The zero-order chi connectivity index (χ0) is 36.4. The van der Waals surface area contributed by atoms with Gasteiger partial charge in [0.25, 0.3) is 0 Å². The van der Waals surface area contributed by atoms with Gasteiger partial charge in [-0.3, -0.25) is 9.59 Å². The summed E-state index contributed by atoms with van der Waals surface area (Å²) in [5.74, 6) is 4.88. The Morgan fingerprint density at radius 2 is 1.65 bits per heavy atom. The van der Waals surface area contributed by atoms with Crippen molar-refractivity contribution in [3.05, 3.63) is 11.6 Å². The number of carbonyl (C=O) groups is 2. The molecular formula is C43H76O6. The summed E-state index contributed by atoms with van der Waals surface area (Å²) >= 11 is 0. The van der Waals surface area contributed by atoms with Crippen LogP contribution in [0.1, 0.15) is 159 Å². The van der Waals surface area contributed by atoms with Crippen molar-refractivity contribution in [2.45, 2.75) is 171 Å². The van der Waals surface area contributed by atoms with E-state index < -0.39 is 11.6 Å². The number of methoxy groups -OCH3 is 1. The standard InChI is InChI=1S/C43H76O6/c1-12-33(30(2)3)18-16-31(4)37-15-13-14-34-19-20-35-26-36(24-25-43(35,10)38(34)21-17-32(37)5)48-39(44)22-23-40(45)49-42(8,9)29-47-28-41(6,7)27-46-11/h20,30-34,36-38H,12-19,21-29H2,1-11H3. The monoisotopic (exact) mass is 689 g/mol. The highest BCUT2D eigenvalue weighted by Gasteiger charge is 2.47. The number of hydrogen-bond acceptors (Lipinski definition) is 6. The second-order valence-electron chi connectivity index (χ2n) is 18.5. The Hall–Kier alpha value is -1.40. The molecule has 0 aromatic heterocycles. The second-order valence-corrected chi connectivity index (χ2v) is 18.5. The number of carbonyl (C=O) groups excluding carboxylic acids is 2. The van der Waals surface area contributed by atoms with Crippen molar-refractivity contribution in [1.29, 1.82) is 0 Å². The van der Waals surface area contributed by atoms with Gasteiger partial charge in [0.2, 0.25) is 0 Å². The Morgan fingerprint density at radius 1 is 0.939 bits per heavy atom. The molecule has 0 aromatic rings. The van der Waals surface area contributed by atoms with Crippen LogP contribution < -0.4 is 0 Å². The van der Waals surface area contributed by atoms with Crippen molar-refractivity contribution >= 4 is 11.9 Å². The average molecular weight is 689 g/mol. The van der Waals surface area contributed by atoms with Crippen LogP contribution in [0.4, 0.5) is 0 Å². The first-order chi connectivity index (χ1) is 23.0. The van der Waals surface area contributed by atoms with Crippen molar-refractivity contribution in [1.82, 2.24) is 0 Å². The molecule has 3 rings (SSSR count). The molecule has 0 saturated heterocycles. The lowest BCUT2D eigenvalue weighted by molar-refractivity contribution is -0.166. The Kier molecular flexibility index (Phi) is 16.2. The number of rotatable bonds is 17. The van der Waals surface area contributed by atoms with Gasteiger partial charge in [0.05, 0.1) is 32.7 Å². The highest BCUT2D eigenvalue weighted by Crippen LogP contribution is 2.56. The van der Waals surface area contributed by atoms with Crippen LogP contribution in [0, 0.1) is 52.3 Å². The molecule has 284 valence electrons. The van der Waals surface area contributed by atoms with Crippen LogP contribution in [-0.2, 0) is 28.5 Å². The average Bonchev–Trinajstić information content (AvgIpc) is 3.09. The van der Waals surface area contributed by atoms with Crippen LogP contribution in [0.25, 0.3) is 0 Å². The fourth-order valence-electron chi connectivity index (χ4n) is 9.84. The van der Waals surface area contributed by atoms with E-state index in [2.05, 4.69) is 61.5 Å². The number of fused-ring (bicyclic) bond motifs is 3. The van der Waals surface area contributed by atoms with E-state index in [1.165, 1.54) is 63.4 Å². The number of hydrogen-bond donors (Lipinski definition) is 0. The first kappa shape index (κ1) is 42.0. The summed E-state index contributed by atoms with van der Waals surface area (Å²) in [5.41, 5.74) is 0.829. The Morgan fingerprint density at radius 3 is 2.33 bits per heavy atom. The molecule has 0 radical (unpaired) electrons. The Bertz CT molecular complexity index is 1060. The van der Waals surface area contributed by atoms with Crippen LogP contribution >= 0.6 is 0 Å². The zero-order valence-corrected chi connectivity index (χ0v) is 33.7. The predicted molar refractivity (Wildman–Crippen MR) is 200 cm³/mol. The van der Waals surface area contributed by atoms with Crippen molar-refractivity contribution in [2.75, 3.05) is 26.9 Å². The molecule has 0 aromatic carbocycles. The van der Waals surface area contributed by atoms with E-state index in [0.717, 1.165) is 60.7 Å². The van der Waals surface area contributed by atoms with Crippen LogP contribution in [0.3, 0.4) is 0 Å². The van der Waals surface area contributed by atoms with E-state index in [-0.39, 0.29) is 42.4 Å². The smallest absolute Gasteiger partial charge is 0.306 e. The van der Waals surface area contributed by atoms with Crippen molar-refractivity contribution in [2.24, 2.45) is 52.3 Å². The SMILES string of the molecule is CCC(CCC(C)C1CCCC2CC=C3CC(OC(=O)CCC(=O)OC(C)(C)COCC(C)(C)COC)CCC3(C)C2CCC1C)C(C)C. The Labute approximate surface area is 301 Å². The molecule has 0 heterocycles. The molecule has 0 bridgehead atoms. The maximum Gasteiger partial charge on any atom is 0.306 e. The van der Waals surface area contributed by atoms with Gasteiger partial charge in [-0.15, -0.1) is 0 Å². The van der Waals surface area contributed by atoms with E-state index in [9.17, 15) is 9.59 Å². The molecule has 0 aliphatic heterocycles. The molecular weight excluding hydrogens is 612 g/mol. The molecule has 0 N–H and O–H groups in total. The van der Waals surface area contributed by atoms with E-state index in [1.54, 1.807) is 7.11 Å². The molecule has 3 aliphatic carbocycles. The topological polar surface area (TPSA) is 71.1 Å². The van der Waals surface area contributed by atoms with Gasteiger partial charge in [-0.2, -0.15) is 0 Å². The minimum absolute atomic E-state index is 0.0169. The van der Waals surface area contributed by atoms with Crippen molar-refractivity contribution in [3.63, 3.8) is 0 Å². The molecule has 8 atom stereocenters. The van der Waals surface area contributed by atoms with Gasteiger partial charge in [0.1, 0.15) is 11.7 Å². The number of ether oxygens (including phenoxy) is 4. The predicted octanol–water partition coefficient (Wildman–Crippen LogP) is 10.8. The molecule has 8 unspecified atom stereocenters. The van der Waals surface area contributed by atoms with Gasteiger partial charge >= 0.3 is 11.9 Å². The van der Waals surface area contributed by atoms with Crippen LogP contribution in [-0.4, -0.2) is 50.6 Å². The largest absolute Gasteiger partial charge is 0.462 e. The molecule has 0 spiro atoms. The van der Waals surface area contributed by atoms with Gasteiger partial charge in [-0.05, 0) is 106 Å². The minimum Gasteiger partial charge on any atom is -0.462 e. The summed E-state index contributed by atoms with van der Waals surface area (Å²) in [7, 11) is 1.68. The summed E-state index contributed by atoms with van der Waals surface area (Å²) in [6.07, 6.45) is 17.3. The first-order valence-electron chi connectivity index (χ1n) is 20.2. The first-order valence-corrected chi connectivity index (χ1v) is 20.2. The molecule has 6 nitrogen and oxygen atoms in total. The lowest BCUT2D eigenvalue weighted by Gasteiger charge is -2.51. The minimum atomic E-state index is -0.776. The van der Waals surface area contributed by atoms with E-state index >= 15 is 0 Å². The summed E-state index contributed by atoms with van der Waals surface area (Å²) in [4.78, 5) is 25.5. The van der Waals surface area contributed by atoms with Gasteiger partial charge in [-0.25, -0.2) is 0 Å². The fraction of sp³-hybridized carbons (Fsp3) is 0.907. The highest BCUT2D eigenvalue weighted by molar-refractivity contribution is 5.78. The maximum atomic E-state index is 12.9. The second kappa shape index (κ2) is 18.9. The van der Waals surface area contributed by atoms with Crippen LogP contribution in [0.2, 0.25) is 0 Å². The molecule has 0 amide bonds. The van der Waals surface area contributed by atoms with E-state index in [4.69, 9.17) is 18.9 Å². The lowest BCUT2D eigenvalue weighted by atomic mass is 9.55. The molecule has 2 fully saturated rings. The van der Waals surface area contributed by atoms with Crippen molar-refractivity contribution < 1.29 is 28.5 Å². The fourth-order valence-corrected chi connectivity index (χ4v) is 9.84. The number of allylic oxidation sites excluding steroid dienone is 1. The molecule has 49 heavy (non-hydrogen) atoms. The van der Waals surface area contributed by atoms with Crippen LogP contribution in [0.5, 0.6) is 0 Å². The Balaban J connectivity index is 1.47. The van der Waals surface area contributed by atoms with E-state index in [0.29, 0.717) is 13.2 Å². The summed E-state index contributed by atoms with van der Waals surface area (Å²) < 4.78 is 22.7. The molecule has 2 saturated carbocycles. The van der Waals surface area contributed by atoms with Gasteiger partial charge in [0.15, 0.2) is 0 Å². The molecule has 6 heteroatoms. The molecule has 3 aliphatic rings. The third-order valence-corrected chi connectivity index (χ3v) is 12.9. The third kappa shape index (κ3) is 12.7. The van der Waals surface area contributed by atoms with Gasteiger partial charge in [-0.1, -0.05) is 92.7 Å². The summed E-state index contributed by atoms with van der Waals surface area (Å²) in [5, 5.41) is 0. The lowest BCUT2D eigenvalue weighted by Crippen LogP contribution is -2.43. The number of esters is 2. The van der Waals surface area contributed by atoms with E-state index in [1.807, 2.05) is 13.8 Å². The zero-order valence-electron chi connectivity index (χ0n) is 33.7. The highest BCUT2D eigenvalue weighted by atomic mass is 16.6. The van der Waals surface area contributed by atoms with Crippen molar-refractivity contribution in [3.8, 4) is 0 Å². The summed E-state index contributed by atoms with van der Waals surface area (Å²) in [6.45, 7) is 24.0. The van der Waals surface area contributed by atoms with Gasteiger partial charge in [0, 0.05) is 18.9 Å². The normalized spacial score (nSPS) is 29.4. The summed E-state index contributed by atoms with van der Waals surface area (Å²) in [6, 6.07) is 0. The maximum absolute atomic E-state index is 12.9. The third-order valence-electron chi connectivity index (χ3n) is 12.9.